The molecule has 0 radical (unpaired) electrons. The van der Waals surface area contributed by atoms with Crippen LogP contribution in [-0.2, 0) is 10.2 Å². The van der Waals surface area contributed by atoms with Gasteiger partial charge < -0.3 is 0 Å². The first-order chi connectivity index (χ1) is 8.55. The molecule has 2 atom stereocenters. The first-order valence-electron chi connectivity index (χ1n) is 6.46. The molecule has 0 N–H and O–H groups in total. The zero-order valence-corrected chi connectivity index (χ0v) is 13.1. The molecule has 0 aromatic heterocycles. The molecule has 2 aliphatic rings. The van der Waals surface area contributed by atoms with Crippen LogP contribution in [0.2, 0.25) is 0 Å². The molecule has 2 saturated heterocycles. The number of hydrogen-bond donors (Lipinski definition) is 0. The number of piperidine rings is 1. The van der Waals surface area contributed by atoms with Crippen LogP contribution in [0.4, 0.5) is 0 Å². The molecule has 2 fully saturated rings. The lowest BCUT2D eigenvalue weighted by molar-refractivity contribution is 0.250. The summed E-state index contributed by atoms with van der Waals surface area (Å²) >= 11 is 7.70. The summed E-state index contributed by atoms with van der Waals surface area (Å²) in [5.41, 5.74) is 0. The maximum Gasteiger partial charge on any atom is 0.282 e. The Balaban J connectivity index is 2.09. The fourth-order valence-electron chi connectivity index (χ4n) is 2.57. The molecule has 0 aromatic rings. The highest BCUT2D eigenvalue weighted by Gasteiger charge is 2.36. The summed E-state index contributed by atoms with van der Waals surface area (Å²) in [6.45, 7) is 3.86. The van der Waals surface area contributed by atoms with E-state index in [1.54, 1.807) is 8.61 Å². The van der Waals surface area contributed by atoms with Gasteiger partial charge >= 0.3 is 0 Å². The van der Waals surface area contributed by atoms with Crippen LogP contribution < -0.4 is 0 Å². The molecule has 0 bridgehead atoms. The van der Waals surface area contributed by atoms with Gasteiger partial charge in [0, 0.05) is 43.1 Å². The molecule has 2 aliphatic heterocycles. The van der Waals surface area contributed by atoms with E-state index in [9.17, 15) is 8.42 Å². The summed E-state index contributed by atoms with van der Waals surface area (Å²) in [6.07, 6.45) is 1.97. The first-order valence-corrected chi connectivity index (χ1v) is 9.55. The van der Waals surface area contributed by atoms with Crippen molar-refractivity contribution in [1.82, 2.24) is 8.61 Å². The van der Waals surface area contributed by atoms with Crippen molar-refractivity contribution in [2.75, 3.05) is 37.0 Å². The third-order valence-corrected chi connectivity index (χ3v) is 7.37. The van der Waals surface area contributed by atoms with E-state index < -0.39 is 10.2 Å². The topological polar surface area (TPSA) is 40.6 Å². The van der Waals surface area contributed by atoms with Gasteiger partial charge in [-0.25, -0.2) is 0 Å². The Bertz CT molecular complexity index is 377. The predicted octanol–water partition coefficient (Wildman–Crippen LogP) is 1.62. The quantitative estimate of drug-likeness (QED) is 0.744. The van der Waals surface area contributed by atoms with Crippen LogP contribution in [0.3, 0.4) is 0 Å². The van der Waals surface area contributed by atoms with E-state index in [1.165, 1.54) is 0 Å². The lowest BCUT2D eigenvalue weighted by Gasteiger charge is -2.39. The molecule has 106 valence electrons. The molecule has 0 saturated carbocycles. The number of nitrogens with zero attached hydrogens (tertiary/aromatic N) is 2. The standard InChI is InChI=1S/C11H21ClN2O2S2/c1-10-9-17-6-5-14(10)18(15,16)13-4-2-3-11(7-12)8-13/h10-11H,2-9H2,1H3. The van der Waals surface area contributed by atoms with Gasteiger partial charge in [-0.3, -0.25) is 0 Å². The first kappa shape index (κ1) is 14.9. The Morgan fingerprint density at radius 3 is 2.83 bits per heavy atom. The predicted molar refractivity (Wildman–Crippen MR) is 77.4 cm³/mol. The third kappa shape index (κ3) is 3.15. The van der Waals surface area contributed by atoms with Crippen LogP contribution in [-0.4, -0.2) is 60.1 Å². The summed E-state index contributed by atoms with van der Waals surface area (Å²) in [4.78, 5) is 0. The molecule has 18 heavy (non-hydrogen) atoms. The van der Waals surface area contributed by atoms with Gasteiger partial charge in [0.2, 0.25) is 0 Å². The molecule has 0 aliphatic carbocycles. The number of alkyl halides is 1. The van der Waals surface area contributed by atoms with Crippen LogP contribution >= 0.6 is 23.4 Å². The lowest BCUT2D eigenvalue weighted by atomic mass is 10.0. The Kier molecular flexibility index (Phi) is 5.22. The fourth-order valence-corrected chi connectivity index (χ4v) is 5.95. The Labute approximate surface area is 119 Å². The van der Waals surface area contributed by atoms with Crippen molar-refractivity contribution < 1.29 is 8.42 Å². The van der Waals surface area contributed by atoms with Crippen molar-refractivity contribution >= 4 is 33.6 Å². The SMILES string of the molecule is CC1CSCCN1S(=O)(=O)N1CCCC(CCl)C1. The highest BCUT2D eigenvalue weighted by Crippen LogP contribution is 2.26. The largest absolute Gasteiger partial charge is 0.282 e. The second-order valence-corrected chi connectivity index (χ2v) is 8.40. The highest BCUT2D eigenvalue weighted by atomic mass is 35.5. The van der Waals surface area contributed by atoms with Crippen molar-refractivity contribution in [3.63, 3.8) is 0 Å². The van der Waals surface area contributed by atoms with Gasteiger partial charge in [-0.15, -0.1) is 11.6 Å². The van der Waals surface area contributed by atoms with E-state index in [-0.39, 0.29) is 6.04 Å². The number of halogens is 1. The second-order valence-electron chi connectivity index (χ2n) is 5.06. The molecular weight excluding hydrogens is 292 g/mol. The summed E-state index contributed by atoms with van der Waals surface area (Å²) in [6, 6.07) is 0.102. The van der Waals surface area contributed by atoms with Gasteiger partial charge in [0.1, 0.15) is 0 Å². The molecule has 0 spiro atoms. The van der Waals surface area contributed by atoms with Gasteiger partial charge in [0.15, 0.2) is 0 Å². The molecule has 0 amide bonds. The summed E-state index contributed by atoms with van der Waals surface area (Å²) < 4.78 is 28.5. The van der Waals surface area contributed by atoms with Crippen molar-refractivity contribution in [2.24, 2.45) is 5.92 Å². The molecule has 2 unspecified atom stereocenters. The van der Waals surface area contributed by atoms with Crippen molar-refractivity contribution in [3.8, 4) is 0 Å². The van der Waals surface area contributed by atoms with Gasteiger partial charge in [0.25, 0.3) is 10.2 Å². The molecule has 4 nitrogen and oxygen atoms in total. The maximum atomic E-state index is 12.6. The van der Waals surface area contributed by atoms with Crippen molar-refractivity contribution in [3.05, 3.63) is 0 Å². The van der Waals surface area contributed by atoms with Crippen LogP contribution in [0.1, 0.15) is 19.8 Å². The molecule has 2 rings (SSSR count). The van der Waals surface area contributed by atoms with Crippen molar-refractivity contribution in [2.45, 2.75) is 25.8 Å². The van der Waals surface area contributed by atoms with E-state index in [0.717, 1.165) is 24.3 Å². The molecule has 2 heterocycles. The average molecular weight is 313 g/mol. The summed E-state index contributed by atoms with van der Waals surface area (Å²) in [7, 11) is -3.28. The minimum absolute atomic E-state index is 0.102. The Morgan fingerprint density at radius 2 is 2.17 bits per heavy atom. The molecule has 7 heteroatoms. The van der Waals surface area contributed by atoms with Gasteiger partial charge in [-0.05, 0) is 25.7 Å². The lowest BCUT2D eigenvalue weighted by Crippen LogP contribution is -2.53. The summed E-state index contributed by atoms with van der Waals surface area (Å²) in [5, 5.41) is 0. The van der Waals surface area contributed by atoms with Crippen LogP contribution in [0.15, 0.2) is 0 Å². The van der Waals surface area contributed by atoms with Crippen LogP contribution in [0.5, 0.6) is 0 Å². The molecule has 0 aromatic carbocycles. The average Bonchev–Trinajstić information content (AvgIpc) is 2.39. The van der Waals surface area contributed by atoms with Crippen LogP contribution in [0, 0.1) is 5.92 Å². The Morgan fingerprint density at radius 1 is 1.39 bits per heavy atom. The molecular formula is C11H21ClN2O2S2. The fraction of sp³-hybridized carbons (Fsp3) is 1.00. The van der Waals surface area contributed by atoms with Crippen molar-refractivity contribution in [1.29, 1.82) is 0 Å². The number of thioether (sulfide) groups is 1. The number of rotatable bonds is 3. The third-order valence-electron chi connectivity index (χ3n) is 3.63. The van der Waals surface area contributed by atoms with E-state index in [0.29, 0.717) is 31.4 Å². The van der Waals surface area contributed by atoms with Gasteiger partial charge in [-0.2, -0.15) is 28.8 Å². The van der Waals surface area contributed by atoms with E-state index in [4.69, 9.17) is 11.6 Å². The zero-order valence-electron chi connectivity index (χ0n) is 10.7. The van der Waals surface area contributed by atoms with E-state index in [2.05, 4.69) is 0 Å². The minimum atomic E-state index is -3.28. The zero-order chi connectivity index (χ0) is 13.2. The van der Waals surface area contributed by atoms with Gasteiger partial charge in [-0.1, -0.05) is 0 Å². The van der Waals surface area contributed by atoms with E-state index >= 15 is 0 Å². The monoisotopic (exact) mass is 312 g/mol. The number of hydrogen-bond acceptors (Lipinski definition) is 3. The second kappa shape index (κ2) is 6.31. The minimum Gasteiger partial charge on any atom is -0.195 e. The Hall–Kier alpha value is 0.510. The van der Waals surface area contributed by atoms with E-state index in [1.807, 2.05) is 18.7 Å². The highest BCUT2D eigenvalue weighted by molar-refractivity contribution is 7.99. The summed E-state index contributed by atoms with van der Waals surface area (Å²) in [5.74, 6) is 2.66. The van der Waals surface area contributed by atoms with Crippen LogP contribution in [0.25, 0.3) is 0 Å². The normalized spacial score (nSPS) is 32.6. The maximum absolute atomic E-state index is 12.6. The smallest absolute Gasteiger partial charge is 0.195 e. The van der Waals surface area contributed by atoms with Gasteiger partial charge in [0.05, 0.1) is 0 Å².